The zero-order valence-corrected chi connectivity index (χ0v) is 13.1. The molecule has 0 aromatic heterocycles. The maximum atomic E-state index is 12.9. The highest BCUT2D eigenvalue weighted by Crippen LogP contribution is 2.32. The molecule has 0 N–H and O–H groups in total. The lowest BCUT2D eigenvalue weighted by atomic mass is 10.0. The number of hydrogen-bond donors (Lipinski definition) is 0. The van der Waals surface area contributed by atoms with Crippen LogP contribution in [0, 0.1) is 18.3 Å². The van der Waals surface area contributed by atoms with Gasteiger partial charge in [0.25, 0.3) is 10.0 Å². The first-order valence-electron chi connectivity index (χ1n) is 7.15. The smallest absolute Gasteiger partial charge is 0.264 e. The van der Waals surface area contributed by atoms with E-state index in [2.05, 4.69) is 6.07 Å². The fourth-order valence-corrected chi connectivity index (χ4v) is 4.31. The fraction of sp³-hybridized carbons (Fsp3) is 0.235. The van der Waals surface area contributed by atoms with Crippen LogP contribution in [0.5, 0.6) is 0 Å². The van der Waals surface area contributed by atoms with Gasteiger partial charge in [0.2, 0.25) is 0 Å². The Labute approximate surface area is 130 Å². The van der Waals surface area contributed by atoms with Crippen molar-refractivity contribution in [1.82, 2.24) is 0 Å². The van der Waals surface area contributed by atoms with Gasteiger partial charge in [0.05, 0.1) is 22.2 Å². The average Bonchev–Trinajstić information content (AvgIpc) is 2.54. The zero-order valence-electron chi connectivity index (χ0n) is 12.3. The van der Waals surface area contributed by atoms with E-state index in [-0.39, 0.29) is 4.90 Å². The van der Waals surface area contributed by atoms with Crippen molar-refractivity contribution in [2.75, 3.05) is 10.8 Å². The molecule has 0 saturated carbocycles. The number of benzene rings is 2. The van der Waals surface area contributed by atoms with Crippen molar-refractivity contribution < 1.29 is 8.42 Å². The molecule has 3 rings (SSSR count). The van der Waals surface area contributed by atoms with Gasteiger partial charge in [-0.3, -0.25) is 4.31 Å². The van der Waals surface area contributed by atoms with Crippen LogP contribution in [0.15, 0.2) is 47.4 Å². The molecule has 2 aromatic carbocycles. The summed E-state index contributed by atoms with van der Waals surface area (Å²) in [5.41, 5.74) is 3.43. The molecular formula is C17H16N2O2S. The van der Waals surface area contributed by atoms with E-state index in [1.54, 1.807) is 0 Å². The molecule has 1 aliphatic rings. The van der Waals surface area contributed by atoms with Crippen molar-refractivity contribution in [2.24, 2.45) is 0 Å². The first-order valence-corrected chi connectivity index (χ1v) is 8.59. The summed E-state index contributed by atoms with van der Waals surface area (Å²) in [4.78, 5) is 0.222. The molecular weight excluding hydrogens is 296 g/mol. The summed E-state index contributed by atoms with van der Waals surface area (Å²) >= 11 is 0. The molecule has 0 radical (unpaired) electrons. The van der Waals surface area contributed by atoms with E-state index in [0.29, 0.717) is 12.1 Å². The Bertz CT molecular complexity index is 849. The van der Waals surface area contributed by atoms with Gasteiger partial charge in [-0.05, 0) is 55.7 Å². The monoisotopic (exact) mass is 312 g/mol. The van der Waals surface area contributed by atoms with Crippen LogP contribution in [0.25, 0.3) is 0 Å². The number of aryl methyl sites for hydroxylation is 2. The molecule has 22 heavy (non-hydrogen) atoms. The first-order chi connectivity index (χ1) is 10.5. The molecule has 0 fully saturated rings. The van der Waals surface area contributed by atoms with Gasteiger partial charge in [-0.1, -0.05) is 17.7 Å². The lowest BCUT2D eigenvalue weighted by Gasteiger charge is -2.30. The minimum absolute atomic E-state index is 0.222. The average molecular weight is 312 g/mol. The van der Waals surface area contributed by atoms with E-state index in [4.69, 9.17) is 5.26 Å². The van der Waals surface area contributed by atoms with E-state index >= 15 is 0 Å². The third kappa shape index (κ3) is 2.46. The Balaban J connectivity index is 2.05. The summed E-state index contributed by atoms with van der Waals surface area (Å²) < 4.78 is 27.2. The third-order valence-electron chi connectivity index (χ3n) is 3.88. The van der Waals surface area contributed by atoms with E-state index in [1.165, 1.54) is 28.6 Å². The number of fused-ring (bicyclic) bond motifs is 1. The summed E-state index contributed by atoms with van der Waals surface area (Å²) in [7, 11) is -3.59. The number of sulfonamides is 1. The highest BCUT2D eigenvalue weighted by Gasteiger charge is 2.28. The normalized spacial score (nSPS) is 14.3. The summed E-state index contributed by atoms with van der Waals surface area (Å²) in [5, 5.41) is 8.83. The van der Waals surface area contributed by atoms with Gasteiger partial charge in [0.15, 0.2) is 0 Å². The molecule has 0 aliphatic carbocycles. The van der Waals surface area contributed by atoms with E-state index in [9.17, 15) is 8.42 Å². The van der Waals surface area contributed by atoms with E-state index < -0.39 is 10.0 Å². The van der Waals surface area contributed by atoms with Gasteiger partial charge in [0.1, 0.15) is 0 Å². The van der Waals surface area contributed by atoms with Crippen LogP contribution in [-0.2, 0) is 16.4 Å². The van der Waals surface area contributed by atoms with Crippen molar-refractivity contribution in [3.8, 4) is 6.07 Å². The molecule has 1 heterocycles. The van der Waals surface area contributed by atoms with Crippen molar-refractivity contribution >= 4 is 15.7 Å². The predicted octanol–water partition coefficient (Wildman–Crippen LogP) is 3.01. The van der Waals surface area contributed by atoms with Gasteiger partial charge in [-0.25, -0.2) is 8.42 Å². The molecule has 5 heteroatoms. The molecule has 4 nitrogen and oxygen atoms in total. The molecule has 0 atom stereocenters. The lowest BCUT2D eigenvalue weighted by Crippen LogP contribution is -2.35. The number of nitriles is 1. The number of anilines is 1. The number of hydrogen-bond acceptors (Lipinski definition) is 3. The molecule has 0 saturated heterocycles. The van der Waals surface area contributed by atoms with E-state index in [0.717, 1.165) is 29.7 Å². The number of rotatable bonds is 2. The maximum absolute atomic E-state index is 12.9. The van der Waals surface area contributed by atoms with Crippen LogP contribution in [0.4, 0.5) is 5.69 Å². The SMILES string of the molecule is Cc1ccc2c(c1)CCCN2S(=O)(=O)c1ccc(C#N)cc1. The van der Waals surface area contributed by atoms with Crippen molar-refractivity contribution in [3.63, 3.8) is 0 Å². The molecule has 2 aromatic rings. The van der Waals surface area contributed by atoms with E-state index in [1.807, 2.05) is 25.1 Å². The minimum atomic E-state index is -3.59. The quantitative estimate of drug-likeness (QED) is 0.856. The second-order valence-electron chi connectivity index (χ2n) is 5.45. The zero-order chi connectivity index (χ0) is 15.7. The van der Waals surface area contributed by atoms with Crippen molar-refractivity contribution in [3.05, 3.63) is 59.2 Å². The summed E-state index contributed by atoms with van der Waals surface area (Å²) in [6.45, 7) is 2.49. The van der Waals surface area contributed by atoms with Crippen LogP contribution in [0.1, 0.15) is 23.1 Å². The topological polar surface area (TPSA) is 61.2 Å². The highest BCUT2D eigenvalue weighted by molar-refractivity contribution is 7.92. The Kier molecular flexibility index (Phi) is 3.63. The fourth-order valence-electron chi connectivity index (χ4n) is 2.77. The summed E-state index contributed by atoms with van der Waals surface area (Å²) in [5.74, 6) is 0. The van der Waals surface area contributed by atoms with Crippen molar-refractivity contribution in [1.29, 1.82) is 5.26 Å². The Morgan fingerprint density at radius 2 is 1.86 bits per heavy atom. The predicted molar refractivity (Wildman–Crippen MR) is 85.2 cm³/mol. The van der Waals surface area contributed by atoms with Crippen LogP contribution in [-0.4, -0.2) is 15.0 Å². The Morgan fingerprint density at radius 1 is 1.14 bits per heavy atom. The standard InChI is InChI=1S/C17H16N2O2S/c1-13-4-9-17-15(11-13)3-2-10-19(17)22(20,21)16-7-5-14(12-18)6-8-16/h4-9,11H,2-3,10H2,1H3. The molecule has 0 bridgehead atoms. The van der Waals surface area contributed by atoms with Crippen LogP contribution >= 0.6 is 0 Å². The van der Waals surface area contributed by atoms with Gasteiger partial charge in [-0.2, -0.15) is 5.26 Å². The van der Waals surface area contributed by atoms with Crippen LogP contribution < -0.4 is 4.31 Å². The largest absolute Gasteiger partial charge is 0.266 e. The maximum Gasteiger partial charge on any atom is 0.264 e. The van der Waals surface area contributed by atoms with Gasteiger partial charge >= 0.3 is 0 Å². The highest BCUT2D eigenvalue weighted by atomic mass is 32.2. The molecule has 112 valence electrons. The molecule has 0 amide bonds. The van der Waals surface area contributed by atoms with Crippen LogP contribution in [0.3, 0.4) is 0 Å². The summed E-state index contributed by atoms with van der Waals surface area (Å²) in [6, 6.07) is 13.9. The van der Waals surface area contributed by atoms with Gasteiger partial charge in [-0.15, -0.1) is 0 Å². The molecule has 0 unspecified atom stereocenters. The first kappa shape index (κ1) is 14.6. The Hall–Kier alpha value is -2.32. The van der Waals surface area contributed by atoms with Gasteiger partial charge < -0.3 is 0 Å². The number of nitrogens with zero attached hydrogens (tertiary/aromatic N) is 2. The second-order valence-corrected chi connectivity index (χ2v) is 7.31. The van der Waals surface area contributed by atoms with Crippen molar-refractivity contribution in [2.45, 2.75) is 24.7 Å². The second kappa shape index (κ2) is 5.47. The lowest BCUT2D eigenvalue weighted by molar-refractivity contribution is 0.586. The van der Waals surface area contributed by atoms with Gasteiger partial charge in [0, 0.05) is 6.54 Å². The molecule has 0 spiro atoms. The Morgan fingerprint density at radius 3 is 2.55 bits per heavy atom. The minimum Gasteiger partial charge on any atom is -0.266 e. The van der Waals surface area contributed by atoms with Crippen LogP contribution in [0.2, 0.25) is 0 Å². The summed E-state index contributed by atoms with van der Waals surface area (Å²) in [6.07, 6.45) is 1.71. The molecule has 1 aliphatic heterocycles. The third-order valence-corrected chi connectivity index (χ3v) is 5.71.